The summed E-state index contributed by atoms with van der Waals surface area (Å²) in [6.07, 6.45) is 0.485. The van der Waals surface area contributed by atoms with Gasteiger partial charge in [0.15, 0.2) is 0 Å². The van der Waals surface area contributed by atoms with Gasteiger partial charge < -0.3 is 14.5 Å². The van der Waals surface area contributed by atoms with E-state index in [1.165, 1.54) is 17.9 Å². The van der Waals surface area contributed by atoms with E-state index in [4.69, 9.17) is 9.15 Å². The number of rotatable bonds is 5. The molecule has 1 aromatic carbocycles. The maximum atomic E-state index is 14.9. The summed E-state index contributed by atoms with van der Waals surface area (Å²) in [6, 6.07) is 7.98. The molecule has 2 amide bonds. The SMILES string of the molecule is CC(=O)NC[C@H]1CN(c2ccc(-c3ccc(-c4nc(C)c(C)o4)nc3)c(F)c2)C(=O)O1. The minimum Gasteiger partial charge on any atom is -0.442 e. The van der Waals surface area contributed by atoms with Crippen LogP contribution in [0.2, 0.25) is 0 Å². The van der Waals surface area contributed by atoms with Crippen LogP contribution in [0.1, 0.15) is 18.4 Å². The zero-order valence-electron chi connectivity index (χ0n) is 17.3. The van der Waals surface area contributed by atoms with Crippen LogP contribution in [0.4, 0.5) is 14.9 Å². The van der Waals surface area contributed by atoms with Crippen LogP contribution < -0.4 is 10.2 Å². The Kier molecular flexibility index (Phi) is 5.41. The Hall–Kier alpha value is -3.75. The molecule has 0 spiro atoms. The molecule has 1 N–H and O–H groups in total. The molecule has 3 heterocycles. The van der Waals surface area contributed by atoms with Crippen LogP contribution in [0, 0.1) is 19.7 Å². The molecule has 160 valence electrons. The van der Waals surface area contributed by atoms with Crippen molar-refractivity contribution in [3.8, 4) is 22.7 Å². The number of aryl methyl sites for hydroxylation is 2. The Morgan fingerprint density at radius 1 is 1.29 bits per heavy atom. The van der Waals surface area contributed by atoms with Gasteiger partial charge in [0.1, 0.15) is 23.4 Å². The molecule has 31 heavy (non-hydrogen) atoms. The number of aromatic nitrogens is 2. The number of carbonyl (C=O) groups excluding carboxylic acids is 2. The van der Waals surface area contributed by atoms with Crippen molar-refractivity contribution >= 4 is 17.7 Å². The third-order valence-corrected chi connectivity index (χ3v) is 5.04. The van der Waals surface area contributed by atoms with E-state index in [0.717, 1.165) is 11.5 Å². The van der Waals surface area contributed by atoms with Crippen molar-refractivity contribution in [2.75, 3.05) is 18.0 Å². The van der Waals surface area contributed by atoms with E-state index in [9.17, 15) is 14.0 Å². The molecule has 0 unspecified atom stereocenters. The number of halogens is 1. The number of hydrogen-bond donors (Lipinski definition) is 1. The number of amides is 2. The van der Waals surface area contributed by atoms with Gasteiger partial charge in [0.25, 0.3) is 0 Å². The van der Waals surface area contributed by atoms with Crippen LogP contribution in [-0.4, -0.2) is 41.2 Å². The molecule has 3 aromatic rings. The molecule has 1 fully saturated rings. The number of ether oxygens (including phenoxy) is 1. The van der Waals surface area contributed by atoms with E-state index < -0.39 is 18.0 Å². The zero-order valence-corrected chi connectivity index (χ0v) is 17.3. The highest BCUT2D eigenvalue weighted by molar-refractivity contribution is 5.90. The number of pyridine rings is 1. The largest absolute Gasteiger partial charge is 0.442 e. The van der Waals surface area contributed by atoms with Gasteiger partial charge in [-0.15, -0.1) is 0 Å². The lowest BCUT2D eigenvalue weighted by Gasteiger charge is -2.14. The highest BCUT2D eigenvalue weighted by Gasteiger charge is 2.32. The molecule has 1 aliphatic heterocycles. The molecular formula is C22H21FN4O4. The predicted octanol–water partition coefficient (Wildman–Crippen LogP) is 3.62. The van der Waals surface area contributed by atoms with Crippen molar-refractivity contribution in [2.45, 2.75) is 26.9 Å². The summed E-state index contributed by atoms with van der Waals surface area (Å²) in [5.74, 6) is 0.437. The number of hydrogen-bond acceptors (Lipinski definition) is 6. The molecule has 0 bridgehead atoms. The number of anilines is 1. The lowest BCUT2D eigenvalue weighted by molar-refractivity contribution is -0.119. The Bertz CT molecular complexity index is 1120. The minimum atomic E-state index is -0.579. The van der Waals surface area contributed by atoms with E-state index >= 15 is 0 Å². The summed E-state index contributed by atoms with van der Waals surface area (Å²) in [6.45, 7) is 5.50. The van der Waals surface area contributed by atoms with Crippen molar-refractivity contribution in [2.24, 2.45) is 0 Å². The number of cyclic esters (lactones) is 1. The second-order valence-electron chi connectivity index (χ2n) is 7.31. The molecule has 0 radical (unpaired) electrons. The molecule has 8 nitrogen and oxygen atoms in total. The molecule has 2 aromatic heterocycles. The zero-order chi connectivity index (χ0) is 22.1. The van der Waals surface area contributed by atoms with E-state index in [2.05, 4.69) is 15.3 Å². The molecule has 4 rings (SSSR count). The fourth-order valence-corrected chi connectivity index (χ4v) is 3.26. The van der Waals surface area contributed by atoms with Gasteiger partial charge in [-0.25, -0.2) is 14.2 Å². The fourth-order valence-electron chi connectivity index (χ4n) is 3.26. The molecule has 0 saturated carbocycles. The summed E-state index contributed by atoms with van der Waals surface area (Å²) < 4.78 is 25.6. The Morgan fingerprint density at radius 3 is 2.71 bits per heavy atom. The van der Waals surface area contributed by atoms with Gasteiger partial charge in [0, 0.05) is 24.2 Å². The first-order valence-electron chi connectivity index (χ1n) is 9.75. The topological polar surface area (TPSA) is 97.6 Å². The third-order valence-electron chi connectivity index (χ3n) is 5.04. The van der Waals surface area contributed by atoms with Crippen LogP contribution >= 0.6 is 0 Å². The standard InChI is InChI=1S/C22H21FN4O4/c1-12-13(2)30-21(26-12)20-7-4-15(9-25-20)18-6-5-16(8-19(18)23)27-11-17(31-22(27)29)10-24-14(3)28/h4-9,17H,10-11H2,1-3H3,(H,24,28)/t17-/m0/s1. The van der Waals surface area contributed by atoms with Gasteiger partial charge >= 0.3 is 6.09 Å². The number of nitrogens with one attached hydrogen (secondary N) is 1. The Balaban J connectivity index is 1.51. The van der Waals surface area contributed by atoms with Crippen molar-refractivity contribution in [3.63, 3.8) is 0 Å². The Morgan fingerprint density at radius 2 is 2.10 bits per heavy atom. The first-order chi connectivity index (χ1) is 14.8. The second-order valence-corrected chi connectivity index (χ2v) is 7.31. The quantitative estimate of drug-likeness (QED) is 0.672. The molecule has 1 atom stereocenters. The summed E-state index contributed by atoms with van der Waals surface area (Å²) in [7, 11) is 0. The van der Waals surface area contributed by atoms with Crippen LogP contribution in [0.15, 0.2) is 40.9 Å². The molecule has 9 heteroatoms. The Labute approximate surface area is 178 Å². The molecular weight excluding hydrogens is 403 g/mol. The number of benzene rings is 1. The number of nitrogens with zero attached hydrogens (tertiary/aromatic N) is 3. The minimum absolute atomic E-state index is 0.208. The highest BCUT2D eigenvalue weighted by atomic mass is 19.1. The molecule has 1 aliphatic rings. The van der Waals surface area contributed by atoms with E-state index in [1.54, 1.807) is 30.5 Å². The highest BCUT2D eigenvalue weighted by Crippen LogP contribution is 2.30. The van der Waals surface area contributed by atoms with Gasteiger partial charge in [-0.3, -0.25) is 14.7 Å². The van der Waals surface area contributed by atoms with Gasteiger partial charge in [-0.2, -0.15) is 0 Å². The first-order valence-corrected chi connectivity index (χ1v) is 9.75. The summed E-state index contributed by atoms with van der Waals surface area (Å²) in [5, 5.41) is 2.61. The van der Waals surface area contributed by atoms with E-state index in [1.807, 2.05) is 13.8 Å². The van der Waals surface area contributed by atoms with Crippen LogP contribution in [0.3, 0.4) is 0 Å². The fraction of sp³-hybridized carbons (Fsp3) is 0.273. The maximum Gasteiger partial charge on any atom is 0.414 e. The number of carbonyl (C=O) groups is 2. The van der Waals surface area contributed by atoms with Crippen molar-refractivity contribution in [1.82, 2.24) is 15.3 Å². The molecule has 0 aliphatic carbocycles. The van der Waals surface area contributed by atoms with E-state index in [-0.39, 0.29) is 19.0 Å². The van der Waals surface area contributed by atoms with Gasteiger partial charge in [0.05, 0.1) is 24.5 Å². The lowest BCUT2D eigenvalue weighted by atomic mass is 10.1. The predicted molar refractivity (Wildman–Crippen MR) is 111 cm³/mol. The average Bonchev–Trinajstić information content (AvgIpc) is 3.28. The van der Waals surface area contributed by atoms with Crippen molar-refractivity contribution in [1.29, 1.82) is 0 Å². The van der Waals surface area contributed by atoms with Crippen molar-refractivity contribution < 1.29 is 23.1 Å². The monoisotopic (exact) mass is 424 g/mol. The summed E-state index contributed by atoms with van der Waals surface area (Å²) in [4.78, 5) is 33.2. The summed E-state index contributed by atoms with van der Waals surface area (Å²) in [5.41, 5.74) is 2.67. The maximum absolute atomic E-state index is 14.9. The number of oxazole rings is 1. The third kappa shape index (κ3) is 4.25. The van der Waals surface area contributed by atoms with Crippen molar-refractivity contribution in [3.05, 3.63) is 53.8 Å². The van der Waals surface area contributed by atoms with Gasteiger partial charge in [0.2, 0.25) is 11.8 Å². The molecule has 1 saturated heterocycles. The van der Waals surface area contributed by atoms with Crippen LogP contribution in [0.5, 0.6) is 0 Å². The average molecular weight is 424 g/mol. The van der Waals surface area contributed by atoms with Gasteiger partial charge in [-0.1, -0.05) is 6.07 Å². The first kappa shape index (κ1) is 20.5. The second kappa shape index (κ2) is 8.17. The lowest BCUT2D eigenvalue weighted by Crippen LogP contribution is -2.33. The summed E-state index contributed by atoms with van der Waals surface area (Å²) >= 11 is 0. The normalized spacial score (nSPS) is 15.8. The van der Waals surface area contributed by atoms with Crippen LogP contribution in [-0.2, 0) is 9.53 Å². The smallest absolute Gasteiger partial charge is 0.414 e. The van der Waals surface area contributed by atoms with E-state index in [0.29, 0.717) is 28.4 Å². The van der Waals surface area contributed by atoms with Gasteiger partial charge in [-0.05, 0) is 38.1 Å². The van der Waals surface area contributed by atoms with Crippen LogP contribution in [0.25, 0.3) is 22.7 Å².